The number of rotatable bonds is 7. The number of para-hydroxylation sites is 2. The second kappa shape index (κ2) is 13.4. The van der Waals surface area contributed by atoms with Gasteiger partial charge in [-0.15, -0.1) is 0 Å². The van der Waals surface area contributed by atoms with Gasteiger partial charge in [0.15, 0.2) is 5.58 Å². The van der Waals surface area contributed by atoms with Gasteiger partial charge in [-0.3, -0.25) is 0 Å². The topological polar surface area (TPSA) is 16.4 Å². The fourth-order valence-electron chi connectivity index (χ4n) is 7.76. The van der Waals surface area contributed by atoms with Crippen LogP contribution in [0.3, 0.4) is 0 Å². The standard InChI is InChI=1S/C52H35NO/c1-3-13-39(14-4-1)46-33-28-43(35-49(46)40-15-5-2-6-16-40)38-26-31-45(32-27-38)53(50-20-11-19-48-47-18-9-10-21-51(47)54-52(48)50)44-29-24-37(25-30-44)42-23-22-36-12-7-8-17-41(36)34-42/h1-35H. The summed E-state index contributed by atoms with van der Waals surface area (Å²) in [5.41, 5.74) is 14.4. The van der Waals surface area contributed by atoms with Crippen LogP contribution < -0.4 is 4.90 Å². The van der Waals surface area contributed by atoms with Gasteiger partial charge in [0, 0.05) is 22.1 Å². The number of fused-ring (bicyclic) bond motifs is 4. The van der Waals surface area contributed by atoms with Crippen LogP contribution in [0.4, 0.5) is 17.1 Å². The molecule has 10 rings (SSSR count). The molecule has 0 aliphatic heterocycles. The Morgan fingerprint density at radius 1 is 0.315 bits per heavy atom. The number of hydrogen-bond donors (Lipinski definition) is 0. The van der Waals surface area contributed by atoms with Gasteiger partial charge in [0.2, 0.25) is 0 Å². The molecule has 0 aliphatic rings. The van der Waals surface area contributed by atoms with E-state index in [0.29, 0.717) is 0 Å². The highest BCUT2D eigenvalue weighted by molar-refractivity contribution is 6.10. The van der Waals surface area contributed by atoms with E-state index in [1.165, 1.54) is 49.7 Å². The Morgan fingerprint density at radius 3 is 1.56 bits per heavy atom. The first-order valence-electron chi connectivity index (χ1n) is 18.4. The van der Waals surface area contributed by atoms with Gasteiger partial charge < -0.3 is 9.32 Å². The molecule has 2 nitrogen and oxygen atoms in total. The summed E-state index contributed by atoms with van der Waals surface area (Å²) in [5.74, 6) is 0. The summed E-state index contributed by atoms with van der Waals surface area (Å²) >= 11 is 0. The molecule has 0 unspecified atom stereocenters. The van der Waals surface area contributed by atoms with Crippen molar-refractivity contribution in [3.8, 4) is 44.5 Å². The first-order valence-corrected chi connectivity index (χ1v) is 18.4. The lowest BCUT2D eigenvalue weighted by Crippen LogP contribution is -2.10. The predicted molar refractivity (Wildman–Crippen MR) is 228 cm³/mol. The van der Waals surface area contributed by atoms with E-state index in [1.807, 2.05) is 12.1 Å². The molecule has 0 atom stereocenters. The highest BCUT2D eigenvalue weighted by Crippen LogP contribution is 2.43. The first-order chi connectivity index (χ1) is 26.8. The monoisotopic (exact) mass is 689 g/mol. The Balaban J connectivity index is 1.08. The fourth-order valence-corrected chi connectivity index (χ4v) is 7.76. The van der Waals surface area contributed by atoms with Crippen LogP contribution in [0.15, 0.2) is 217 Å². The number of nitrogens with zero attached hydrogens (tertiary/aromatic N) is 1. The SMILES string of the molecule is c1ccc(-c2ccc(-c3ccc(N(c4ccc(-c5ccc6ccccc6c5)cc4)c4cccc5c4oc4ccccc45)cc3)cc2-c2ccccc2)cc1. The normalized spacial score (nSPS) is 11.3. The van der Waals surface area contributed by atoms with Gasteiger partial charge >= 0.3 is 0 Å². The van der Waals surface area contributed by atoms with Crippen molar-refractivity contribution in [2.24, 2.45) is 0 Å². The molecule has 0 radical (unpaired) electrons. The molecule has 0 aliphatic carbocycles. The molecule has 254 valence electrons. The molecule has 1 heterocycles. The number of hydrogen-bond acceptors (Lipinski definition) is 2. The van der Waals surface area contributed by atoms with E-state index in [0.717, 1.165) is 44.6 Å². The van der Waals surface area contributed by atoms with Gasteiger partial charge in [-0.1, -0.05) is 164 Å². The summed E-state index contributed by atoms with van der Waals surface area (Å²) in [6, 6.07) is 75.8. The first kappa shape index (κ1) is 31.6. The fraction of sp³-hybridized carbons (Fsp3) is 0. The lowest BCUT2D eigenvalue weighted by molar-refractivity contribution is 0.669. The minimum Gasteiger partial charge on any atom is -0.454 e. The number of anilines is 3. The van der Waals surface area contributed by atoms with Crippen LogP contribution in [0.2, 0.25) is 0 Å². The van der Waals surface area contributed by atoms with Crippen LogP contribution in [0.5, 0.6) is 0 Å². The van der Waals surface area contributed by atoms with Gasteiger partial charge in [0.05, 0.1) is 5.69 Å². The van der Waals surface area contributed by atoms with Crippen LogP contribution in [0.25, 0.3) is 77.2 Å². The van der Waals surface area contributed by atoms with Gasteiger partial charge in [-0.2, -0.15) is 0 Å². The molecule has 0 fully saturated rings. The largest absolute Gasteiger partial charge is 0.454 e. The molecule has 0 N–H and O–H groups in total. The maximum absolute atomic E-state index is 6.60. The van der Waals surface area contributed by atoms with Crippen molar-refractivity contribution in [3.05, 3.63) is 212 Å². The molecule has 54 heavy (non-hydrogen) atoms. The molecule has 0 amide bonds. The number of benzene rings is 9. The van der Waals surface area contributed by atoms with Gasteiger partial charge in [0.1, 0.15) is 5.58 Å². The quantitative estimate of drug-likeness (QED) is 0.166. The Bertz CT molecular complexity index is 2910. The van der Waals surface area contributed by atoms with Gasteiger partial charge in [-0.05, 0) is 104 Å². The number of furan rings is 1. The van der Waals surface area contributed by atoms with Crippen LogP contribution >= 0.6 is 0 Å². The Morgan fingerprint density at radius 2 is 0.852 bits per heavy atom. The maximum Gasteiger partial charge on any atom is 0.159 e. The third-order valence-corrected chi connectivity index (χ3v) is 10.5. The summed E-state index contributed by atoms with van der Waals surface area (Å²) in [7, 11) is 0. The van der Waals surface area contributed by atoms with Crippen LogP contribution in [-0.2, 0) is 0 Å². The lowest BCUT2D eigenvalue weighted by Gasteiger charge is -2.26. The van der Waals surface area contributed by atoms with Crippen molar-refractivity contribution in [2.75, 3.05) is 4.90 Å². The summed E-state index contributed by atoms with van der Waals surface area (Å²) in [6.07, 6.45) is 0. The average molecular weight is 690 g/mol. The van der Waals surface area contributed by atoms with Crippen LogP contribution in [-0.4, -0.2) is 0 Å². The van der Waals surface area contributed by atoms with Crippen molar-refractivity contribution in [1.82, 2.24) is 0 Å². The molecule has 0 saturated heterocycles. The molecule has 0 spiro atoms. The van der Waals surface area contributed by atoms with Crippen LogP contribution in [0.1, 0.15) is 0 Å². The maximum atomic E-state index is 6.60. The van der Waals surface area contributed by atoms with Gasteiger partial charge in [-0.25, -0.2) is 0 Å². The van der Waals surface area contributed by atoms with E-state index in [4.69, 9.17) is 4.42 Å². The van der Waals surface area contributed by atoms with Crippen molar-refractivity contribution >= 4 is 49.8 Å². The van der Waals surface area contributed by atoms with Crippen molar-refractivity contribution in [2.45, 2.75) is 0 Å². The smallest absolute Gasteiger partial charge is 0.159 e. The zero-order chi connectivity index (χ0) is 35.8. The molecule has 1 aromatic heterocycles. The molecule has 2 heteroatoms. The zero-order valence-corrected chi connectivity index (χ0v) is 29.6. The minimum absolute atomic E-state index is 0.866. The van der Waals surface area contributed by atoms with E-state index in [1.54, 1.807) is 0 Å². The minimum atomic E-state index is 0.866. The second-order valence-corrected chi connectivity index (χ2v) is 13.7. The third kappa shape index (κ3) is 5.71. The van der Waals surface area contributed by atoms with Gasteiger partial charge in [0.25, 0.3) is 0 Å². The molecule has 0 bridgehead atoms. The molecular formula is C52H35NO. The highest BCUT2D eigenvalue weighted by Gasteiger charge is 2.20. The molecule has 0 saturated carbocycles. The van der Waals surface area contributed by atoms with E-state index < -0.39 is 0 Å². The third-order valence-electron chi connectivity index (χ3n) is 10.5. The van der Waals surface area contributed by atoms with Crippen molar-refractivity contribution in [1.29, 1.82) is 0 Å². The molecule has 10 aromatic rings. The summed E-state index contributed by atoms with van der Waals surface area (Å²) < 4.78 is 6.60. The molecule has 9 aromatic carbocycles. The molecular weight excluding hydrogens is 655 g/mol. The second-order valence-electron chi connectivity index (χ2n) is 13.7. The van der Waals surface area contributed by atoms with Crippen LogP contribution in [0, 0.1) is 0 Å². The van der Waals surface area contributed by atoms with E-state index in [-0.39, 0.29) is 0 Å². The van der Waals surface area contributed by atoms with Crippen molar-refractivity contribution < 1.29 is 4.42 Å². The Hall–Kier alpha value is -7.16. The van der Waals surface area contributed by atoms with E-state index >= 15 is 0 Å². The Labute approximate surface area is 314 Å². The summed E-state index contributed by atoms with van der Waals surface area (Å²) in [4.78, 5) is 2.31. The van der Waals surface area contributed by atoms with Crippen molar-refractivity contribution in [3.63, 3.8) is 0 Å². The lowest BCUT2D eigenvalue weighted by atomic mass is 9.91. The predicted octanol–water partition coefficient (Wildman–Crippen LogP) is 14.9. The Kier molecular flexibility index (Phi) is 7.85. The zero-order valence-electron chi connectivity index (χ0n) is 29.6. The average Bonchev–Trinajstić information content (AvgIpc) is 3.64. The highest BCUT2D eigenvalue weighted by atomic mass is 16.3. The van der Waals surface area contributed by atoms with E-state index in [9.17, 15) is 0 Å². The summed E-state index contributed by atoms with van der Waals surface area (Å²) in [6.45, 7) is 0. The summed E-state index contributed by atoms with van der Waals surface area (Å²) in [5, 5.41) is 4.70. The van der Waals surface area contributed by atoms with E-state index in [2.05, 4.69) is 205 Å².